The van der Waals surface area contributed by atoms with Crippen LogP contribution in [0.2, 0.25) is 0 Å². The average Bonchev–Trinajstić information content (AvgIpc) is 2.88. The summed E-state index contributed by atoms with van der Waals surface area (Å²) in [5.74, 6) is -0.0746. The standard InChI is InChI=1S/C25H19N6O5S/c1-25(2,15-7-4-3-5-8-15)16-11-13-17(14-12-16)36-37(34,35)24-20-18(9-6-10-19(20)28-30-26)22(32)23(33)21(24)29-31-27/h3-14,27H,1-2H3/q+1. The van der Waals surface area contributed by atoms with Gasteiger partial charge in [-0.05, 0) is 29.3 Å². The molecule has 0 spiro atoms. The van der Waals surface area contributed by atoms with Gasteiger partial charge >= 0.3 is 15.2 Å². The predicted octanol–water partition coefficient (Wildman–Crippen LogP) is 3.00. The largest absolute Gasteiger partial charge is 0.379 e. The average molecular weight is 516 g/mol. The van der Waals surface area contributed by atoms with Gasteiger partial charge in [-0.25, -0.2) is 0 Å². The van der Waals surface area contributed by atoms with Gasteiger partial charge in [-0.2, -0.15) is 13.9 Å². The van der Waals surface area contributed by atoms with Crippen LogP contribution < -0.4 is 25.8 Å². The van der Waals surface area contributed by atoms with E-state index in [1.54, 1.807) is 12.1 Å². The van der Waals surface area contributed by atoms with Gasteiger partial charge in [0.2, 0.25) is 5.43 Å². The molecule has 0 radical (unpaired) electrons. The zero-order chi connectivity index (χ0) is 26.8. The fourth-order valence-corrected chi connectivity index (χ4v) is 5.33. The van der Waals surface area contributed by atoms with E-state index in [1.165, 1.54) is 30.3 Å². The summed E-state index contributed by atoms with van der Waals surface area (Å²) in [6, 6.07) is 19.9. The minimum Gasteiger partial charge on any atom is -0.379 e. The van der Waals surface area contributed by atoms with E-state index in [0.717, 1.165) is 11.1 Å². The molecular formula is C25H19N6O5S+. The van der Waals surface area contributed by atoms with Gasteiger partial charge in [0.25, 0.3) is 10.8 Å². The molecule has 0 fully saturated rings. The van der Waals surface area contributed by atoms with Crippen molar-refractivity contribution in [3.05, 3.63) is 120 Å². The Balaban J connectivity index is 1.88. The molecule has 2 aromatic rings. The molecule has 11 nitrogen and oxygen atoms in total. The van der Waals surface area contributed by atoms with E-state index < -0.39 is 31.2 Å². The van der Waals surface area contributed by atoms with Crippen LogP contribution >= 0.6 is 0 Å². The van der Waals surface area contributed by atoms with Crippen LogP contribution in [0.25, 0.3) is 16.2 Å². The van der Waals surface area contributed by atoms with Gasteiger partial charge in [-0.1, -0.05) is 73.7 Å². The van der Waals surface area contributed by atoms with Crippen LogP contribution in [-0.2, 0) is 15.5 Å². The van der Waals surface area contributed by atoms with Gasteiger partial charge in [-0.3, -0.25) is 9.59 Å². The summed E-state index contributed by atoms with van der Waals surface area (Å²) in [7, 11) is -4.83. The minimum absolute atomic E-state index is 0.0746. The van der Waals surface area contributed by atoms with E-state index >= 15 is 0 Å². The predicted molar refractivity (Wildman–Crippen MR) is 132 cm³/mol. The van der Waals surface area contributed by atoms with Crippen LogP contribution in [-0.4, -0.2) is 8.42 Å². The first kappa shape index (κ1) is 25.2. The number of diazo groups is 1. The second-order valence-corrected chi connectivity index (χ2v) is 9.96. The maximum Gasteiger partial charge on any atom is 0.342 e. The van der Waals surface area contributed by atoms with Gasteiger partial charge in [-0.15, -0.1) is 5.10 Å². The summed E-state index contributed by atoms with van der Waals surface area (Å²) in [5, 5.41) is 20.0. The summed E-state index contributed by atoms with van der Waals surface area (Å²) in [4.78, 5) is 24.5. The summed E-state index contributed by atoms with van der Waals surface area (Å²) >= 11 is 0. The molecule has 2 aromatic carbocycles. The lowest BCUT2D eigenvalue weighted by molar-refractivity contribution is 0.484. The Kier molecular flexibility index (Phi) is 6.56. The molecule has 0 amide bonds. The van der Waals surface area contributed by atoms with E-state index in [4.69, 9.17) is 15.1 Å². The van der Waals surface area contributed by atoms with Crippen LogP contribution in [0.1, 0.15) is 25.0 Å². The lowest BCUT2D eigenvalue weighted by atomic mass is 9.78. The van der Waals surface area contributed by atoms with E-state index in [2.05, 4.69) is 20.5 Å². The SMILES string of the molecule is CC(C)(c1ccccc1)c1ccc(OS(=O)(=O)c2c3c(=N[N+]#N)cccc-3c(=O)c(=O)c2=NN=N)cc1. The molecule has 0 saturated carbocycles. The summed E-state index contributed by atoms with van der Waals surface area (Å²) in [5.41, 5.74) is 5.55. The maximum absolute atomic E-state index is 13.5. The Bertz CT molecular complexity index is 1850. The Morgan fingerprint density at radius 1 is 0.892 bits per heavy atom. The number of nitrogens with zero attached hydrogens (tertiary/aromatic N) is 5. The third kappa shape index (κ3) is 4.55. The molecule has 0 heterocycles. The second-order valence-electron chi connectivity index (χ2n) is 8.48. The van der Waals surface area contributed by atoms with Crippen molar-refractivity contribution in [1.29, 1.82) is 10.9 Å². The molecule has 1 N–H and O–H groups in total. The highest BCUT2D eigenvalue weighted by Gasteiger charge is 2.32. The molecule has 2 aliphatic rings. The van der Waals surface area contributed by atoms with E-state index in [-0.39, 0.29) is 27.6 Å². The summed E-state index contributed by atoms with van der Waals surface area (Å²) in [6.07, 6.45) is 0. The zero-order valence-electron chi connectivity index (χ0n) is 19.6. The number of rotatable bonds is 6. The number of nitrogens with one attached hydrogen (secondary N) is 1. The molecule has 4 rings (SSSR count). The maximum atomic E-state index is 13.5. The van der Waals surface area contributed by atoms with Gasteiger partial charge in [0, 0.05) is 16.5 Å². The van der Waals surface area contributed by atoms with E-state index in [1.807, 2.05) is 44.2 Å². The van der Waals surface area contributed by atoms with Gasteiger partial charge < -0.3 is 4.18 Å². The van der Waals surface area contributed by atoms with Crippen LogP contribution in [0.4, 0.5) is 0 Å². The lowest BCUT2D eigenvalue weighted by Crippen LogP contribution is -2.45. The molecule has 0 unspecified atom stereocenters. The van der Waals surface area contributed by atoms with Gasteiger partial charge in [0.15, 0.2) is 15.8 Å². The molecule has 37 heavy (non-hydrogen) atoms. The smallest absolute Gasteiger partial charge is 0.342 e. The molecule has 0 saturated heterocycles. The Morgan fingerprint density at radius 3 is 2.16 bits per heavy atom. The van der Waals surface area contributed by atoms with Crippen molar-refractivity contribution in [3.63, 3.8) is 0 Å². The molecule has 2 aliphatic carbocycles. The van der Waals surface area contributed by atoms with Gasteiger partial charge in [0.1, 0.15) is 10.6 Å². The highest BCUT2D eigenvalue weighted by molar-refractivity contribution is 7.87. The molecular weight excluding hydrogens is 496 g/mol. The van der Waals surface area contributed by atoms with Crippen molar-refractivity contribution >= 4 is 10.1 Å². The summed E-state index contributed by atoms with van der Waals surface area (Å²) in [6.45, 7) is 4.05. The quantitative estimate of drug-likeness (QED) is 0.136. The van der Waals surface area contributed by atoms with Crippen molar-refractivity contribution < 1.29 is 12.6 Å². The highest BCUT2D eigenvalue weighted by atomic mass is 32.2. The number of hydrogen-bond acceptors (Lipinski definition) is 9. The van der Waals surface area contributed by atoms with Crippen molar-refractivity contribution in [3.8, 4) is 16.9 Å². The summed E-state index contributed by atoms with van der Waals surface area (Å²) < 4.78 is 32.3. The van der Waals surface area contributed by atoms with Crippen LogP contribution in [0, 0.1) is 10.9 Å². The third-order valence-electron chi connectivity index (χ3n) is 5.98. The molecule has 184 valence electrons. The Morgan fingerprint density at radius 2 is 1.54 bits per heavy atom. The molecule has 0 aromatic heterocycles. The first-order chi connectivity index (χ1) is 17.6. The third-order valence-corrected chi connectivity index (χ3v) is 7.29. The minimum atomic E-state index is -4.83. The zero-order valence-corrected chi connectivity index (χ0v) is 20.4. The first-order valence-electron chi connectivity index (χ1n) is 10.8. The Hall–Kier alpha value is -4.89. The Labute approximate surface area is 210 Å². The fourth-order valence-electron chi connectivity index (χ4n) is 4.05. The highest BCUT2D eigenvalue weighted by Crippen LogP contribution is 2.33. The molecule has 0 aliphatic heterocycles. The van der Waals surface area contributed by atoms with Crippen LogP contribution in [0.5, 0.6) is 5.75 Å². The van der Waals surface area contributed by atoms with Crippen molar-refractivity contribution in [1.82, 2.24) is 0 Å². The first-order valence-corrected chi connectivity index (χ1v) is 12.2. The number of hydrogen-bond donors (Lipinski definition) is 1. The van der Waals surface area contributed by atoms with Crippen LogP contribution in [0.3, 0.4) is 0 Å². The molecule has 0 bridgehead atoms. The van der Waals surface area contributed by atoms with Crippen LogP contribution in [0.15, 0.2) is 103 Å². The van der Waals surface area contributed by atoms with Crippen molar-refractivity contribution in [2.75, 3.05) is 0 Å². The second kappa shape index (κ2) is 9.63. The lowest BCUT2D eigenvalue weighted by Gasteiger charge is -2.26. The molecule has 12 heteroatoms. The van der Waals surface area contributed by atoms with E-state index in [9.17, 15) is 18.0 Å². The normalized spacial score (nSPS) is 12.9. The topological polar surface area (TPSA) is 167 Å². The monoisotopic (exact) mass is 515 g/mol. The fraction of sp³-hybridized carbons (Fsp3) is 0.120. The number of fused-ring (bicyclic) bond motifs is 1. The van der Waals surface area contributed by atoms with Crippen molar-refractivity contribution in [2.24, 2.45) is 15.4 Å². The van der Waals surface area contributed by atoms with Crippen molar-refractivity contribution in [2.45, 2.75) is 24.2 Å². The van der Waals surface area contributed by atoms with Gasteiger partial charge in [0.05, 0.1) is 0 Å². The molecule has 0 atom stereocenters. The van der Waals surface area contributed by atoms with E-state index in [0.29, 0.717) is 0 Å². The number of benzene rings is 4.